The molecular weight excluding hydrogens is 428 g/mol. The molecule has 1 heterocycles. The summed E-state index contributed by atoms with van der Waals surface area (Å²) in [6, 6.07) is 13.5. The molecule has 1 atom stereocenters. The van der Waals surface area contributed by atoms with Crippen molar-refractivity contribution < 1.29 is 22.7 Å². The van der Waals surface area contributed by atoms with Crippen LogP contribution in [-0.4, -0.2) is 43.7 Å². The molecule has 2 aromatic rings. The van der Waals surface area contributed by atoms with E-state index in [2.05, 4.69) is 0 Å². The Hall–Kier alpha value is -2.71. The summed E-state index contributed by atoms with van der Waals surface area (Å²) in [6.07, 6.45) is 5.09. The maximum absolute atomic E-state index is 13.8. The number of para-hydroxylation sites is 1. The maximum atomic E-state index is 13.8. The van der Waals surface area contributed by atoms with Crippen LogP contribution < -0.4 is 9.64 Å². The minimum atomic E-state index is -4.01. The third-order valence-corrected chi connectivity index (χ3v) is 8.24. The summed E-state index contributed by atoms with van der Waals surface area (Å²) in [5.74, 6) is -0.315. The van der Waals surface area contributed by atoms with Crippen molar-refractivity contribution in [3.8, 4) is 5.75 Å². The van der Waals surface area contributed by atoms with Crippen LogP contribution >= 0.6 is 0 Å². The summed E-state index contributed by atoms with van der Waals surface area (Å²) in [7, 11) is -2.49. The van der Waals surface area contributed by atoms with Gasteiger partial charge >= 0.3 is 0 Å². The highest BCUT2D eigenvalue weighted by atomic mass is 32.2. The molecule has 4 rings (SSSR count). The smallest absolute Gasteiger partial charge is 0.252 e. The normalized spacial score (nSPS) is 20.6. The van der Waals surface area contributed by atoms with Crippen LogP contribution in [0.4, 0.5) is 5.69 Å². The number of nitrogens with zero attached hydrogens (tertiary/aromatic N) is 2. The van der Waals surface area contributed by atoms with Crippen LogP contribution in [0, 0.1) is 0 Å². The Balaban J connectivity index is 1.74. The lowest BCUT2D eigenvalue weighted by Crippen LogP contribution is -2.50. The van der Waals surface area contributed by atoms with Crippen LogP contribution in [0.3, 0.4) is 0 Å². The van der Waals surface area contributed by atoms with Crippen LogP contribution in [-0.2, 0) is 19.6 Å². The second kappa shape index (κ2) is 9.42. The molecule has 2 aromatic carbocycles. The zero-order valence-corrected chi connectivity index (χ0v) is 19.0. The van der Waals surface area contributed by atoms with Gasteiger partial charge in [0.25, 0.3) is 5.91 Å². The van der Waals surface area contributed by atoms with Crippen molar-refractivity contribution >= 4 is 27.5 Å². The lowest BCUT2D eigenvalue weighted by molar-refractivity contribution is -0.122. The van der Waals surface area contributed by atoms with Crippen molar-refractivity contribution in [1.29, 1.82) is 0 Å². The van der Waals surface area contributed by atoms with Crippen LogP contribution in [0.25, 0.3) is 0 Å². The van der Waals surface area contributed by atoms with Gasteiger partial charge in [0.1, 0.15) is 11.8 Å². The third kappa shape index (κ3) is 4.29. The van der Waals surface area contributed by atoms with Crippen molar-refractivity contribution in [3.05, 3.63) is 54.6 Å². The molecule has 1 unspecified atom stereocenters. The molecule has 1 aliphatic carbocycles. The lowest BCUT2D eigenvalue weighted by atomic mass is 10.1. The van der Waals surface area contributed by atoms with Gasteiger partial charge in [-0.3, -0.25) is 9.59 Å². The van der Waals surface area contributed by atoms with Gasteiger partial charge in [-0.1, -0.05) is 43.9 Å². The Morgan fingerprint density at radius 1 is 0.906 bits per heavy atom. The predicted molar refractivity (Wildman–Crippen MR) is 121 cm³/mol. The molecule has 32 heavy (non-hydrogen) atoms. The monoisotopic (exact) mass is 456 g/mol. The van der Waals surface area contributed by atoms with E-state index >= 15 is 0 Å². The molecule has 2 amide bonds. The highest BCUT2D eigenvalue weighted by Gasteiger charge is 2.49. The largest absolute Gasteiger partial charge is 0.497 e. The van der Waals surface area contributed by atoms with Crippen molar-refractivity contribution in [1.82, 2.24) is 4.31 Å². The molecule has 0 radical (unpaired) electrons. The van der Waals surface area contributed by atoms with E-state index in [1.807, 2.05) is 0 Å². The first-order chi connectivity index (χ1) is 15.4. The number of carbonyl (C=O) groups is 2. The summed E-state index contributed by atoms with van der Waals surface area (Å²) >= 11 is 0. The van der Waals surface area contributed by atoms with Gasteiger partial charge in [-0.2, -0.15) is 4.31 Å². The average Bonchev–Trinajstić information content (AvgIpc) is 2.97. The number of sulfonamides is 1. The zero-order chi connectivity index (χ0) is 22.7. The fraction of sp³-hybridized carbons (Fsp3) is 0.417. The van der Waals surface area contributed by atoms with Gasteiger partial charge < -0.3 is 4.74 Å². The molecule has 2 aliphatic rings. The summed E-state index contributed by atoms with van der Waals surface area (Å²) < 4.78 is 34.1. The number of ether oxygens (including phenoxy) is 1. The van der Waals surface area contributed by atoms with Crippen LogP contribution in [0.15, 0.2) is 59.5 Å². The Bertz CT molecular complexity index is 1060. The van der Waals surface area contributed by atoms with Crippen LogP contribution in [0.1, 0.15) is 44.9 Å². The molecule has 0 bridgehead atoms. The van der Waals surface area contributed by atoms with Crippen LogP contribution in [0.5, 0.6) is 5.75 Å². The summed E-state index contributed by atoms with van der Waals surface area (Å²) in [5.41, 5.74) is 0.465. The first-order valence-corrected chi connectivity index (χ1v) is 12.5. The van der Waals surface area contributed by atoms with Gasteiger partial charge in [-0.15, -0.1) is 0 Å². The number of benzene rings is 2. The molecule has 1 saturated carbocycles. The summed E-state index contributed by atoms with van der Waals surface area (Å²) in [6.45, 7) is 0. The number of hydrogen-bond acceptors (Lipinski definition) is 5. The van der Waals surface area contributed by atoms with Gasteiger partial charge in [-0.25, -0.2) is 13.3 Å². The molecule has 0 aromatic heterocycles. The van der Waals surface area contributed by atoms with E-state index in [0.717, 1.165) is 30.6 Å². The number of anilines is 1. The van der Waals surface area contributed by atoms with E-state index < -0.39 is 22.0 Å². The van der Waals surface area contributed by atoms with Crippen molar-refractivity contribution in [2.75, 3.05) is 12.0 Å². The average molecular weight is 457 g/mol. The van der Waals surface area contributed by atoms with Gasteiger partial charge in [0, 0.05) is 6.04 Å². The highest BCUT2D eigenvalue weighted by Crippen LogP contribution is 2.35. The minimum absolute atomic E-state index is 0.0981. The number of rotatable bonds is 6. The van der Waals surface area contributed by atoms with E-state index in [-0.39, 0.29) is 23.3 Å². The first-order valence-electron chi connectivity index (χ1n) is 11.0. The van der Waals surface area contributed by atoms with Gasteiger partial charge in [-0.05, 0) is 49.2 Å². The maximum Gasteiger partial charge on any atom is 0.252 e. The topological polar surface area (TPSA) is 84.0 Å². The van der Waals surface area contributed by atoms with Crippen LogP contribution in [0.2, 0.25) is 0 Å². The van der Waals surface area contributed by atoms with E-state index in [4.69, 9.17) is 4.74 Å². The van der Waals surface area contributed by atoms with E-state index in [1.165, 1.54) is 23.5 Å². The molecule has 8 heteroatoms. The Labute approximate surface area is 189 Å². The lowest BCUT2D eigenvalue weighted by Gasteiger charge is -2.33. The molecule has 0 N–H and O–H groups in total. The van der Waals surface area contributed by atoms with Gasteiger partial charge in [0.05, 0.1) is 24.1 Å². The second-order valence-electron chi connectivity index (χ2n) is 8.28. The molecule has 170 valence electrons. The fourth-order valence-corrected chi connectivity index (χ4v) is 6.49. The summed E-state index contributed by atoms with van der Waals surface area (Å²) in [4.78, 5) is 27.5. The molecule has 1 saturated heterocycles. The number of carbonyl (C=O) groups excluding carboxylic acids is 2. The third-order valence-electron chi connectivity index (χ3n) is 6.26. The standard InChI is InChI=1S/C24H28N2O5S/c1-31-20-13-15-21(16-14-20)32(29,30)26(19-11-5-2-3-6-12-19)22-17-23(27)25(24(22)28)18-9-7-4-8-10-18/h4,7-10,13-16,19,22H,2-3,5-6,11-12,17H2,1H3. The number of methoxy groups -OCH3 is 1. The molecule has 7 nitrogen and oxygen atoms in total. The molecule has 1 aliphatic heterocycles. The van der Waals surface area contributed by atoms with Crippen molar-refractivity contribution in [2.45, 2.75) is 61.9 Å². The molecule has 2 fully saturated rings. The SMILES string of the molecule is COc1ccc(S(=O)(=O)N(C2CCCCCC2)C2CC(=O)N(c3ccccc3)C2=O)cc1. The Morgan fingerprint density at radius 2 is 1.53 bits per heavy atom. The number of hydrogen-bond donors (Lipinski definition) is 0. The quantitative estimate of drug-likeness (QED) is 0.488. The van der Waals surface area contributed by atoms with E-state index in [0.29, 0.717) is 24.3 Å². The zero-order valence-electron chi connectivity index (χ0n) is 18.1. The fourth-order valence-electron chi connectivity index (χ4n) is 4.66. The van der Waals surface area contributed by atoms with E-state index in [1.54, 1.807) is 42.5 Å². The van der Waals surface area contributed by atoms with Gasteiger partial charge in [0.15, 0.2) is 0 Å². The van der Waals surface area contributed by atoms with E-state index in [9.17, 15) is 18.0 Å². The minimum Gasteiger partial charge on any atom is -0.497 e. The second-order valence-corrected chi connectivity index (χ2v) is 10.1. The predicted octanol–water partition coefficient (Wildman–Crippen LogP) is 3.74. The number of amides is 2. The molecular formula is C24H28N2O5S. The Kier molecular flexibility index (Phi) is 6.62. The Morgan fingerprint density at radius 3 is 2.12 bits per heavy atom. The number of imide groups is 1. The first kappa shape index (κ1) is 22.5. The van der Waals surface area contributed by atoms with Crippen molar-refractivity contribution in [3.63, 3.8) is 0 Å². The van der Waals surface area contributed by atoms with Crippen molar-refractivity contribution in [2.24, 2.45) is 0 Å². The molecule has 0 spiro atoms. The van der Waals surface area contributed by atoms with Gasteiger partial charge in [0.2, 0.25) is 15.9 Å². The highest BCUT2D eigenvalue weighted by molar-refractivity contribution is 7.89. The summed E-state index contributed by atoms with van der Waals surface area (Å²) in [5, 5.41) is 0.